The highest BCUT2D eigenvalue weighted by atomic mass is 16.5. The zero-order chi connectivity index (χ0) is 14.4. The van der Waals surface area contributed by atoms with Gasteiger partial charge in [-0.2, -0.15) is 0 Å². The van der Waals surface area contributed by atoms with Crippen LogP contribution in [0.2, 0.25) is 0 Å². The average Bonchev–Trinajstić information content (AvgIpc) is 2.46. The molecule has 1 aromatic carbocycles. The number of methoxy groups -OCH3 is 1. The summed E-state index contributed by atoms with van der Waals surface area (Å²) < 4.78 is 16.6. The highest BCUT2D eigenvalue weighted by molar-refractivity contribution is 5.40. The first-order valence-electron chi connectivity index (χ1n) is 7.33. The molecule has 4 heteroatoms. The molecule has 2 rings (SSSR count). The third kappa shape index (κ3) is 4.39. The van der Waals surface area contributed by atoms with Crippen molar-refractivity contribution in [3.8, 4) is 11.5 Å². The maximum absolute atomic E-state index is 5.88. The third-order valence-corrected chi connectivity index (χ3v) is 3.38. The van der Waals surface area contributed by atoms with Crippen LogP contribution in [0.3, 0.4) is 0 Å². The monoisotopic (exact) mass is 279 g/mol. The number of rotatable bonds is 6. The zero-order valence-corrected chi connectivity index (χ0v) is 12.6. The number of nitrogens with one attached hydrogen (secondary N) is 1. The van der Waals surface area contributed by atoms with Gasteiger partial charge in [-0.3, -0.25) is 0 Å². The minimum Gasteiger partial charge on any atom is -0.497 e. The first kappa shape index (κ1) is 15.1. The smallest absolute Gasteiger partial charge is 0.127 e. The molecule has 0 aliphatic carbocycles. The Hall–Kier alpha value is -1.26. The Balaban J connectivity index is 2.01. The average molecular weight is 279 g/mol. The van der Waals surface area contributed by atoms with Gasteiger partial charge < -0.3 is 19.5 Å². The van der Waals surface area contributed by atoms with Gasteiger partial charge in [-0.05, 0) is 32.8 Å². The molecule has 0 unspecified atom stereocenters. The van der Waals surface area contributed by atoms with Gasteiger partial charge in [0.2, 0.25) is 0 Å². The first-order valence-corrected chi connectivity index (χ1v) is 7.33. The fourth-order valence-corrected chi connectivity index (χ4v) is 2.33. The number of hydrogen-bond acceptors (Lipinski definition) is 4. The van der Waals surface area contributed by atoms with E-state index in [0.29, 0.717) is 6.04 Å². The Morgan fingerprint density at radius 3 is 2.90 bits per heavy atom. The van der Waals surface area contributed by atoms with E-state index in [1.165, 1.54) is 6.42 Å². The topological polar surface area (TPSA) is 39.7 Å². The number of benzene rings is 1. The second-order valence-electron chi connectivity index (χ2n) is 5.44. The summed E-state index contributed by atoms with van der Waals surface area (Å²) in [5.41, 5.74) is 1.16. The highest BCUT2D eigenvalue weighted by Gasteiger charge is 2.14. The van der Waals surface area contributed by atoms with E-state index in [-0.39, 0.29) is 6.10 Å². The minimum atomic E-state index is 0.152. The molecule has 0 bridgehead atoms. The number of hydrogen-bond donors (Lipinski definition) is 1. The van der Waals surface area contributed by atoms with Crippen LogP contribution in [0, 0.1) is 0 Å². The number of ether oxygens (including phenoxy) is 3. The quantitative estimate of drug-likeness (QED) is 0.869. The van der Waals surface area contributed by atoms with Gasteiger partial charge in [0.05, 0.1) is 19.8 Å². The first-order chi connectivity index (χ1) is 9.69. The van der Waals surface area contributed by atoms with E-state index in [2.05, 4.69) is 11.4 Å². The standard InChI is InChI=1S/C16H25NO3/c1-12(2)20-16-9-15(18-3)7-6-13(16)10-17-14-5-4-8-19-11-14/h6-7,9,12,14,17H,4-5,8,10-11H2,1-3H3/t14-/m1/s1. The van der Waals surface area contributed by atoms with E-state index in [4.69, 9.17) is 14.2 Å². The van der Waals surface area contributed by atoms with Gasteiger partial charge in [0.25, 0.3) is 0 Å². The molecule has 0 radical (unpaired) electrons. The summed E-state index contributed by atoms with van der Waals surface area (Å²) in [4.78, 5) is 0. The molecule has 0 saturated carbocycles. The molecule has 20 heavy (non-hydrogen) atoms. The van der Waals surface area contributed by atoms with E-state index < -0.39 is 0 Å². The third-order valence-electron chi connectivity index (χ3n) is 3.38. The molecule has 0 aromatic heterocycles. The Bertz CT molecular complexity index is 414. The van der Waals surface area contributed by atoms with E-state index in [1.807, 2.05) is 26.0 Å². The molecule has 1 atom stereocenters. The van der Waals surface area contributed by atoms with Gasteiger partial charge in [-0.15, -0.1) is 0 Å². The van der Waals surface area contributed by atoms with Gasteiger partial charge in [0.15, 0.2) is 0 Å². The van der Waals surface area contributed by atoms with Gasteiger partial charge in [-0.25, -0.2) is 0 Å². The summed E-state index contributed by atoms with van der Waals surface area (Å²) in [6, 6.07) is 6.43. The maximum atomic E-state index is 5.88. The Morgan fingerprint density at radius 1 is 1.40 bits per heavy atom. The molecule has 1 aromatic rings. The van der Waals surface area contributed by atoms with Crippen LogP contribution in [0.5, 0.6) is 11.5 Å². The SMILES string of the molecule is COc1ccc(CN[C@@H]2CCCOC2)c(OC(C)C)c1. The molecule has 1 aliphatic rings. The van der Waals surface area contributed by atoms with Crippen LogP contribution in [-0.4, -0.2) is 32.5 Å². The second-order valence-corrected chi connectivity index (χ2v) is 5.44. The molecule has 4 nitrogen and oxygen atoms in total. The van der Waals surface area contributed by atoms with E-state index >= 15 is 0 Å². The van der Waals surface area contributed by atoms with Crippen molar-refractivity contribution in [3.63, 3.8) is 0 Å². The van der Waals surface area contributed by atoms with E-state index in [9.17, 15) is 0 Å². The van der Waals surface area contributed by atoms with Crippen molar-refractivity contribution in [2.45, 2.75) is 45.4 Å². The largest absolute Gasteiger partial charge is 0.497 e. The molecule has 1 heterocycles. The molecule has 112 valence electrons. The van der Waals surface area contributed by atoms with E-state index in [1.54, 1.807) is 7.11 Å². The zero-order valence-electron chi connectivity index (χ0n) is 12.6. The molecule has 1 fully saturated rings. The lowest BCUT2D eigenvalue weighted by molar-refractivity contribution is 0.0698. The van der Waals surface area contributed by atoms with Crippen molar-refractivity contribution in [3.05, 3.63) is 23.8 Å². The predicted octanol–water partition coefficient (Wildman–Crippen LogP) is 2.75. The summed E-state index contributed by atoms with van der Waals surface area (Å²) >= 11 is 0. The van der Waals surface area contributed by atoms with Crippen molar-refractivity contribution in [1.29, 1.82) is 0 Å². The van der Waals surface area contributed by atoms with Crippen LogP contribution >= 0.6 is 0 Å². The van der Waals surface area contributed by atoms with Crippen molar-refractivity contribution < 1.29 is 14.2 Å². The summed E-state index contributed by atoms with van der Waals surface area (Å²) in [6.07, 6.45) is 2.46. The van der Waals surface area contributed by atoms with E-state index in [0.717, 1.165) is 43.2 Å². The summed E-state index contributed by atoms with van der Waals surface area (Å²) in [7, 11) is 1.67. The Morgan fingerprint density at radius 2 is 2.25 bits per heavy atom. The molecule has 0 amide bonds. The molecule has 1 N–H and O–H groups in total. The predicted molar refractivity (Wildman–Crippen MR) is 79.4 cm³/mol. The maximum Gasteiger partial charge on any atom is 0.127 e. The summed E-state index contributed by atoms with van der Waals surface area (Å²) in [6.45, 7) is 6.55. The summed E-state index contributed by atoms with van der Waals surface area (Å²) in [5.74, 6) is 1.72. The van der Waals surface area contributed by atoms with Gasteiger partial charge >= 0.3 is 0 Å². The van der Waals surface area contributed by atoms with Crippen LogP contribution in [0.4, 0.5) is 0 Å². The van der Waals surface area contributed by atoms with Crippen LogP contribution in [0.1, 0.15) is 32.3 Å². The Kier molecular flexibility index (Phi) is 5.68. The van der Waals surface area contributed by atoms with Gasteiger partial charge in [-0.1, -0.05) is 6.07 Å². The van der Waals surface area contributed by atoms with Gasteiger partial charge in [0.1, 0.15) is 11.5 Å². The van der Waals surface area contributed by atoms with Gasteiger partial charge in [0, 0.05) is 30.8 Å². The highest BCUT2D eigenvalue weighted by Crippen LogP contribution is 2.26. The lowest BCUT2D eigenvalue weighted by Crippen LogP contribution is -2.36. The lowest BCUT2D eigenvalue weighted by Gasteiger charge is -2.24. The van der Waals surface area contributed by atoms with Crippen LogP contribution in [0.25, 0.3) is 0 Å². The normalized spacial score (nSPS) is 19.1. The lowest BCUT2D eigenvalue weighted by atomic mass is 10.1. The van der Waals surface area contributed by atoms with Crippen molar-refractivity contribution in [2.24, 2.45) is 0 Å². The fourth-order valence-electron chi connectivity index (χ4n) is 2.33. The molecular weight excluding hydrogens is 254 g/mol. The van der Waals surface area contributed by atoms with Crippen molar-refractivity contribution in [1.82, 2.24) is 5.32 Å². The van der Waals surface area contributed by atoms with Crippen molar-refractivity contribution in [2.75, 3.05) is 20.3 Å². The van der Waals surface area contributed by atoms with Crippen LogP contribution in [0.15, 0.2) is 18.2 Å². The fraction of sp³-hybridized carbons (Fsp3) is 0.625. The molecule has 1 saturated heterocycles. The molecule has 1 aliphatic heterocycles. The van der Waals surface area contributed by atoms with Crippen LogP contribution < -0.4 is 14.8 Å². The minimum absolute atomic E-state index is 0.152. The van der Waals surface area contributed by atoms with Crippen LogP contribution in [-0.2, 0) is 11.3 Å². The van der Waals surface area contributed by atoms with Crippen molar-refractivity contribution >= 4 is 0 Å². The Labute approximate surface area is 121 Å². The summed E-state index contributed by atoms with van der Waals surface area (Å²) in [5, 5.41) is 3.54. The molecular formula is C16H25NO3. The second kappa shape index (κ2) is 7.50. The molecule has 0 spiro atoms.